The Kier molecular flexibility index (Phi) is 4.47. The highest BCUT2D eigenvalue weighted by molar-refractivity contribution is 7.10. The molecule has 0 saturated heterocycles. The summed E-state index contributed by atoms with van der Waals surface area (Å²) >= 11 is 1.55. The summed E-state index contributed by atoms with van der Waals surface area (Å²) < 4.78 is 10.0. The van der Waals surface area contributed by atoms with Crippen LogP contribution in [-0.4, -0.2) is 17.5 Å². The summed E-state index contributed by atoms with van der Waals surface area (Å²) in [5.74, 6) is -0.801. The first-order valence-corrected chi connectivity index (χ1v) is 7.34. The van der Waals surface area contributed by atoms with E-state index in [1.165, 1.54) is 6.92 Å². The quantitative estimate of drug-likeness (QED) is 0.862. The van der Waals surface area contributed by atoms with Crippen LogP contribution in [0.15, 0.2) is 34.5 Å². The third-order valence-electron chi connectivity index (χ3n) is 2.88. The lowest BCUT2D eigenvalue weighted by Crippen LogP contribution is -2.44. The molecular formula is C15H17NO4S. The van der Waals surface area contributed by atoms with Crippen LogP contribution in [0.5, 0.6) is 0 Å². The van der Waals surface area contributed by atoms with Crippen molar-refractivity contribution in [3.8, 4) is 11.1 Å². The number of hydrogen-bond donors (Lipinski definition) is 1. The first-order chi connectivity index (χ1) is 9.88. The SMILES string of the molecule is CC(=O)OC(C)(C)C(=O)NCc1cc(-c2ccoc2)cs1. The van der Waals surface area contributed by atoms with Gasteiger partial charge in [0.25, 0.3) is 5.91 Å². The first kappa shape index (κ1) is 15.3. The fourth-order valence-corrected chi connectivity index (χ4v) is 2.67. The molecule has 0 aromatic carbocycles. The van der Waals surface area contributed by atoms with Gasteiger partial charge in [0.15, 0.2) is 5.60 Å². The van der Waals surface area contributed by atoms with Gasteiger partial charge < -0.3 is 14.5 Å². The van der Waals surface area contributed by atoms with Gasteiger partial charge >= 0.3 is 5.97 Å². The Hall–Kier alpha value is -2.08. The van der Waals surface area contributed by atoms with E-state index in [0.29, 0.717) is 6.54 Å². The molecule has 0 radical (unpaired) electrons. The number of carbonyl (C=O) groups is 2. The van der Waals surface area contributed by atoms with Crippen LogP contribution < -0.4 is 5.32 Å². The highest BCUT2D eigenvalue weighted by atomic mass is 32.1. The second-order valence-corrected chi connectivity index (χ2v) is 6.10. The molecule has 0 aliphatic rings. The Labute approximate surface area is 126 Å². The Morgan fingerprint density at radius 1 is 1.38 bits per heavy atom. The van der Waals surface area contributed by atoms with Gasteiger partial charge in [-0.3, -0.25) is 9.59 Å². The van der Waals surface area contributed by atoms with Crippen molar-refractivity contribution in [2.24, 2.45) is 0 Å². The molecule has 112 valence electrons. The Morgan fingerprint density at radius 2 is 2.14 bits per heavy atom. The van der Waals surface area contributed by atoms with E-state index in [9.17, 15) is 9.59 Å². The number of furan rings is 1. The van der Waals surface area contributed by atoms with Crippen molar-refractivity contribution in [3.05, 3.63) is 34.9 Å². The lowest BCUT2D eigenvalue weighted by atomic mass is 10.1. The molecule has 0 bridgehead atoms. The van der Waals surface area contributed by atoms with Crippen molar-refractivity contribution < 1.29 is 18.7 Å². The lowest BCUT2D eigenvalue weighted by Gasteiger charge is -2.22. The maximum absolute atomic E-state index is 12.0. The third-order valence-corrected chi connectivity index (χ3v) is 3.81. The smallest absolute Gasteiger partial charge is 0.303 e. The van der Waals surface area contributed by atoms with E-state index in [4.69, 9.17) is 9.15 Å². The van der Waals surface area contributed by atoms with Gasteiger partial charge in [-0.15, -0.1) is 11.3 Å². The molecule has 2 aromatic heterocycles. The molecule has 5 nitrogen and oxygen atoms in total. The number of thiophene rings is 1. The molecule has 0 aliphatic carbocycles. The molecule has 2 aromatic rings. The van der Waals surface area contributed by atoms with Crippen molar-refractivity contribution in [2.45, 2.75) is 32.9 Å². The van der Waals surface area contributed by atoms with Gasteiger partial charge in [-0.25, -0.2) is 0 Å². The molecule has 0 atom stereocenters. The number of rotatable bonds is 5. The number of amides is 1. The molecule has 1 N–H and O–H groups in total. The zero-order chi connectivity index (χ0) is 15.5. The minimum absolute atomic E-state index is 0.323. The normalized spacial score (nSPS) is 11.2. The van der Waals surface area contributed by atoms with Crippen LogP contribution in [0.3, 0.4) is 0 Å². The second kappa shape index (κ2) is 6.13. The maximum Gasteiger partial charge on any atom is 0.303 e. The van der Waals surface area contributed by atoms with Crippen LogP contribution in [0.4, 0.5) is 0 Å². The average Bonchev–Trinajstić information content (AvgIpc) is 3.04. The molecule has 0 unspecified atom stereocenters. The van der Waals surface area contributed by atoms with E-state index in [1.807, 2.05) is 17.5 Å². The van der Waals surface area contributed by atoms with E-state index in [2.05, 4.69) is 5.32 Å². The second-order valence-electron chi connectivity index (χ2n) is 5.10. The molecule has 6 heteroatoms. The van der Waals surface area contributed by atoms with Crippen LogP contribution in [-0.2, 0) is 20.9 Å². The zero-order valence-electron chi connectivity index (χ0n) is 12.1. The minimum Gasteiger partial charge on any atom is -0.472 e. The molecule has 0 fully saturated rings. The summed E-state index contributed by atoms with van der Waals surface area (Å²) in [6.07, 6.45) is 3.30. The maximum atomic E-state index is 12.0. The van der Waals surface area contributed by atoms with Crippen LogP contribution in [0, 0.1) is 0 Å². The average molecular weight is 307 g/mol. The predicted molar refractivity (Wildman–Crippen MR) is 79.7 cm³/mol. The fraction of sp³-hybridized carbons (Fsp3) is 0.333. The van der Waals surface area contributed by atoms with Gasteiger partial charge in [-0.1, -0.05) is 0 Å². The summed E-state index contributed by atoms with van der Waals surface area (Å²) in [6, 6.07) is 3.88. The van der Waals surface area contributed by atoms with Crippen LogP contribution >= 0.6 is 11.3 Å². The van der Waals surface area contributed by atoms with Crippen molar-refractivity contribution in [2.75, 3.05) is 0 Å². The molecule has 21 heavy (non-hydrogen) atoms. The lowest BCUT2D eigenvalue weighted by molar-refractivity contribution is -0.163. The van der Waals surface area contributed by atoms with Gasteiger partial charge in [0, 0.05) is 17.4 Å². The summed E-state index contributed by atoms with van der Waals surface area (Å²) in [4.78, 5) is 24.0. The van der Waals surface area contributed by atoms with E-state index in [1.54, 1.807) is 37.7 Å². The van der Waals surface area contributed by atoms with Crippen molar-refractivity contribution in [1.29, 1.82) is 0 Å². The van der Waals surface area contributed by atoms with Gasteiger partial charge in [-0.05, 0) is 36.9 Å². The molecule has 1 amide bonds. The van der Waals surface area contributed by atoms with Crippen molar-refractivity contribution in [3.63, 3.8) is 0 Å². The molecule has 0 saturated carbocycles. The fourth-order valence-electron chi connectivity index (χ4n) is 1.84. The largest absolute Gasteiger partial charge is 0.472 e. The van der Waals surface area contributed by atoms with Crippen LogP contribution in [0.25, 0.3) is 11.1 Å². The first-order valence-electron chi connectivity index (χ1n) is 6.46. The minimum atomic E-state index is -1.17. The van der Waals surface area contributed by atoms with Gasteiger partial charge in [-0.2, -0.15) is 0 Å². The Balaban J connectivity index is 1.94. The van der Waals surface area contributed by atoms with E-state index < -0.39 is 11.6 Å². The standard InChI is InChI=1S/C15H17NO4S/c1-10(17)20-15(2,3)14(18)16-7-13-6-12(9-21-13)11-4-5-19-8-11/h4-6,8-9H,7H2,1-3H3,(H,16,18). The number of ether oxygens (including phenoxy) is 1. The number of nitrogens with one attached hydrogen (secondary N) is 1. The molecule has 0 spiro atoms. The molecule has 2 heterocycles. The molecule has 0 aliphatic heterocycles. The van der Waals surface area contributed by atoms with Crippen LogP contribution in [0.2, 0.25) is 0 Å². The van der Waals surface area contributed by atoms with Gasteiger partial charge in [0.05, 0.1) is 19.1 Å². The van der Waals surface area contributed by atoms with E-state index in [-0.39, 0.29) is 5.91 Å². The number of carbonyl (C=O) groups excluding carboxylic acids is 2. The predicted octanol–water partition coefficient (Wildman–Crippen LogP) is 2.97. The summed E-state index contributed by atoms with van der Waals surface area (Å²) in [7, 11) is 0. The molecular weight excluding hydrogens is 290 g/mol. The van der Waals surface area contributed by atoms with Crippen molar-refractivity contribution >= 4 is 23.2 Å². The van der Waals surface area contributed by atoms with Crippen LogP contribution in [0.1, 0.15) is 25.6 Å². The summed E-state index contributed by atoms with van der Waals surface area (Å²) in [6.45, 7) is 4.81. The third kappa shape index (κ3) is 3.95. The number of esters is 1. The topological polar surface area (TPSA) is 68.5 Å². The monoisotopic (exact) mass is 307 g/mol. The Morgan fingerprint density at radius 3 is 2.76 bits per heavy atom. The number of hydrogen-bond acceptors (Lipinski definition) is 5. The Bertz CT molecular complexity index is 628. The van der Waals surface area contributed by atoms with Crippen molar-refractivity contribution in [1.82, 2.24) is 5.32 Å². The highest BCUT2D eigenvalue weighted by Gasteiger charge is 2.30. The van der Waals surface area contributed by atoms with E-state index in [0.717, 1.165) is 16.0 Å². The summed E-state index contributed by atoms with van der Waals surface area (Å²) in [5, 5.41) is 4.78. The highest BCUT2D eigenvalue weighted by Crippen LogP contribution is 2.26. The zero-order valence-corrected chi connectivity index (χ0v) is 13.0. The molecule has 2 rings (SSSR count). The summed E-state index contributed by atoms with van der Waals surface area (Å²) in [5.41, 5.74) is 0.887. The van der Waals surface area contributed by atoms with E-state index >= 15 is 0 Å². The van der Waals surface area contributed by atoms with Gasteiger partial charge in [0.1, 0.15) is 0 Å². The van der Waals surface area contributed by atoms with Gasteiger partial charge in [0.2, 0.25) is 0 Å².